The molecule has 0 aliphatic heterocycles. The van der Waals surface area contributed by atoms with Gasteiger partial charge in [0.1, 0.15) is 0 Å². The van der Waals surface area contributed by atoms with Gasteiger partial charge in [0.2, 0.25) is 0 Å². The highest BCUT2D eigenvalue weighted by atomic mass is 28.2. The second-order valence-corrected chi connectivity index (χ2v) is 4.09. The van der Waals surface area contributed by atoms with Crippen molar-refractivity contribution >= 4 is 25.7 Å². The van der Waals surface area contributed by atoms with Crippen molar-refractivity contribution in [3.8, 4) is 0 Å². The van der Waals surface area contributed by atoms with E-state index < -0.39 is 0 Å². The maximum Gasteiger partial charge on any atom is 0.269 e. The zero-order chi connectivity index (χ0) is 9.80. The Kier molecular flexibility index (Phi) is 2.96. The lowest BCUT2D eigenvalue weighted by Crippen LogP contribution is -2.18. The summed E-state index contributed by atoms with van der Waals surface area (Å²) in [4.78, 5) is 0. The molecule has 0 fully saturated rings. The molecule has 14 heavy (non-hydrogen) atoms. The Bertz CT molecular complexity index is 420. The van der Waals surface area contributed by atoms with Crippen LogP contribution in [-0.2, 0) is 4.43 Å². The maximum absolute atomic E-state index is 5.46. The van der Waals surface area contributed by atoms with Crippen LogP contribution in [0.3, 0.4) is 0 Å². The summed E-state index contributed by atoms with van der Waals surface area (Å²) in [5.41, 5.74) is 0. The number of hydrogen-bond donors (Lipinski definition) is 0. The van der Waals surface area contributed by atoms with Crippen molar-refractivity contribution in [1.29, 1.82) is 0 Å². The van der Waals surface area contributed by atoms with Crippen molar-refractivity contribution in [3.05, 3.63) is 42.5 Å². The largest absolute Gasteiger partial charge is 0.412 e. The zero-order valence-electron chi connectivity index (χ0n) is 8.16. The van der Waals surface area contributed by atoms with Gasteiger partial charge in [0.25, 0.3) is 9.76 Å². The van der Waals surface area contributed by atoms with Gasteiger partial charge < -0.3 is 4.43 Å². The van der Waals surface area contributed by atoms with Crippen molar-refractivity contribution in [3.63, 3.8) is 0 Å². The number of rotatable bonds is 3. The van der Waals surface area contributed by atoms with Crippen LogP contribution in [0.15, 0.2) is 42.5 Å². The van der Waals surface area contributed by atoms with Gasteiger partial charge >= 0.3 is 0 Å². The average molecular weight is 200 g/mol. The van der Waals surface area contributed by atoms with E-state index in [9.17, 15) is 0 Å². The molecular weight excluding hydrogens is 188 g/mol. The highest BCUT2D eigenvalue weighted by Gasteiger charge is 2.00. The summed E-state index contributed by atoms with van der Waals surface area (Å²) < 4.78 is 5.46. The van der Waals surface area contributed by atoms with Gasteiger partial charge in [-0.05, 0) is 22.9 Å². The van der Waals surface area contributed by atoms with E-state index in [0.717, 1.165) is 6.61 Å². The molecule has 2 aromatic rings. The molecule has 0 aromatic heterocycles. The van der Waals surface area contributed by atoms with Crippen LogP contribution in [-0.4, -0.2) is 16.4 Å². The van der Waals surface area contributed by atoms with Crippen LogP contribution in [0, 0.1) is 0 Å². The Hall–Kier alpha value is -1.12. The van der Waals surface area contributed by atoms with Crippen molar-refractivity contribution in [1.82, 2.24) is 0 Å². The van der Waals surface area contributed by atoms with Gasteiger partial charge in [0, 0.05) is 6.61 Å². The van der Waals surface area contributed by atoms with Crippen molar-refractivity contribution in [2.24, 2.45) is 0 Å². The van der Waals surface area contributed by atoms with Crippen LogP contribution in [0.2, 0.25) is 0 Å². The van der Waals surface area contributed by atoms with E-state index in [1.165, 1.54) is 16.0 Å². The molecule has 0 saturated carbocycles. The lowest BCUT2D eigenvalue weighted by molar-refractivity contribution is 0.367. The summed E-state index contributed by atoms with van der Waals surface area (Å²) in [6.45, 7) is 2.81. The molecule has 2 aromatic carbocycles. The number of hydrogen-bond acceptors (Lipinski definition) is 1. The highest BCUT2D eigenvalue weighted by Crippen LogP contribution is 2.09. The van der Waals surface area contributed by atoms with E-state index in [4.69, 9.17) is 4.43 Å². The summed E-state index contributed by atoms with van der Waals surface area (Å²) in [6.07, 6.45) is 0. The van der Waals surface area contributed by atoms with Gasteiger partial charge in [-0.25, -0.2) is 0 Å². The van der Waals surface area contributed by atoms with Crippen LogP contribution >= 0.6 is 0 Å². The van der Waals surface area contributed by atoms with Gasteiger partial charge in [-0.2, -0.15) is 0 Å². The molecule has 0 unspecified atom stereocenters. The van der Waals surface area contributed by atoms with E-state index in [1.807, 2.05) is 6.92 Å². The highest BCUT2D eigenvalue weighted by molar-refractivity contribution is 6.51. The van der Waals surface area contributed by atoms with E-state index in [-0.39, 0.29) is 0 Å². The molecule has 0 spiro atoms. The quantitative estimate of drug-likeness (QED) is 0.690. The smallest absolute Gasteiger partial charge is 0.269 e. The Balaban J connectivity index is 2.43. The number of fused-ring (bicyclic) bond motifs is 1. The molecule has 0 bridgehead atoms. The molecule has 2 heteroatoms. The molecule has 70 valence electrons. The molecule has 0 aliphatic carbocycles. The van der Waals surface area contributed by atoms with Crippen LogP contribution in [0.5, 0.6) is 0 Å². The minimum absolute atomic E-state index is 0.458. The first-order chi connectivity index (χ1) is 6.92. The molecule has 0 amide bonds. The van der Waals surface area contributed by atoms with E-state index >= 15 is 0 Å². The van der Waals surface area contributed by atoms with Crippen LogP contribution in [0.1, 0.15) is 6.92 Å². The Morgan fingerprint density at radius 3 is 2.71 bits per heavy atom. The fourth-order valence-electron chi connectivity index (χ4n) is 1.46. The monoisotopic (exact) mass is 200 g/mol. The first-order valence-electron chi connectivity index (χ1n) is 4.77. The average Bonchev–Trinajstić information content (AvgIpc) is 2.26. The zero-order valence-corrected chi connectivity index (χ0v) is 9.16. The van der Waals surface area contributed by atoms with Crippen LogP contribution in [0.4, 0.5) is 0 Å². The predicted octanol–water partition coefficient (Wildman–Crippen LogP) is 2.12. The fraction of sp³-hybridized carbons (Fsp3) is 0.167. The maximum atomic E-state index is 5.46. The van der Waals surface area contributed by atoms with Gasteiger partial charge in [-0.15, -0.1) is 0 Å². The molecule has 0 saturated heterocycles. The summed E-state index contributed by atoms with van der Waals surface area (Å²) in [5, 5.41) is 3.89. The standard InChI is InChI=1S/C12H12OSi/c1-2-13-14-12-9-5-7-10-6-3-4-8-11(10)12/h3-9H,2H2,1H3. The van der Waals surface area contributed by atoms with Crippen molar-refractivity contribution < 1.29 is 4.43 Å². The lowest BCUT2D eigenvalue weighted by atomic mass is 10.1. The summed E-state index contributed by atoms with van der Waals surface area (Å²) >= 11 is 0. The Morgan fingerprint density at radius 2 is 1.86 bits per heavy atom. The molecule has 0 aliphatic rings. The molecule has 0 atom stereocenters. The third-order valence-corrected chi connectivity index (χ3v) is 3.21. The SMILES string of the molecule is CCO[Si]c1cccc2ccccc12. The van der Waals surface area contributed by atoms with Gasteiger partial charge in [-0.3, -0.25) is 0 Å². The van der Waals surface area contributed by atoms with Crippen LogP contribution < -0.4 is 5.19 Å². The second kappa shape index (κ2) is 4.40. The van der Waals surface area contributed by atoms with E-state index in [1.54, 1.807) is 0 Å². The molecule has 2 rings (SSSR count). The third-order valence-electron chi connectivity index (χ3n) is 2.12. The molecular formula is C12H12OSi. The van der Waals surface area contributed by atoms with E-state index in [2.05, 4.69) is 42.5 Å². The molecule has 0 heterocycles. The van der Waals surface area contributed by atoms with E-state index in [0.29, 0.717) is 9.76 Å². The Morgan fingerprint density at radius 1 is 1.07 bits per heavy atom. The topological polar surface area (TPSA) is 9.23 Å². The van der Waals surface area contributed by atoms with Gasteiger partial charge in [0.05, 0.1) is 0 Å². The lowest BCUT2D eigenvalue weighted by Gasteiger charge is -2.04. The minimum atomic E-state index is 0.458. The second-order valence-electron chi connectivity index (χ2n) is 3.06. The summed E-state index contributed by atoms with van der Waals surface area (Å²) in [6, 6.07) is 14.8. The number of benzene rings is 2. The van der Waals surface area contributed by atoms with Gasteiger partial charge in [-0.1, -0.05) is 42.5 Å². The summed E-state index contributed by atoms with van der Waals surface area (Å²) in [7, 11) is 0.458. The minimum Gasteiger partial charge on any atom is -0.412 e. The van der Waals surface area contributed by atoms with Crippen LogP contribution in [0.25, 0.3) is 10.8 Å². The normalized spacial score (nSPS) is 10.6. The predicted molar refractivity (Wildman–Crippen MR) is 61.0 cm³/mol. The van der Waals surface area contributed by atoms with Crippen molar-refractivity contribution in [2.75, 3.05) is 6.61 Å². The molecule has 2 radical (unpaired) electrons. The third kappa shape index (κ3) is 1.86. The summed E-state index contributed by atoms with van der Waals surface area (Å²) in [5.74, 6) is 0. The fourth-order valence-corrected chi connectivity index (χ4v) is 2.27. The van der Waals surface area contributed by atoms with Gasteiger partial charge in [0.15, 0.2) is 0 Å². The molecule has 1 nitrogen and oxygen atoms in total. The first-order valence-corrected chi connectivity index (χ1v) is 5.68. The van der Waals surface area contributed by atoms with Crippen molar-refractivity contribution in [2.45, 2.75) is 6.92 Å². The molecule has 0 N–H and O–H groups in total. The first kappa shape index (κ1) is 9.43. The Labute approximate surface area is 86.7 Å².